The first-order valence-electron chi connectivity index (χ1n) is 11.4. The molecular formula is C26H22F3N3O6. The minimum absolute atomic E-state index is 0.0484. The fourth-order valence-electron chi connectivity index (χ4n) is 4.14. The van der Waals surface area contributed by atoms with Crippen molar-refractivity contribution in [3.63, 3.8) is 0 Å². The summed E-state index contributed by atoms with van der Waals surface area (Å²) < 4.78 is 51.2. The maximum absolute atomic E-state index is 13.4. The third-order valence-electron chi connectivity index (χ3n) is 5.73. The summed E-state index contributed by atoms with van der Waals surface area (Å²) in [4.78, 5) is 38.4. The van der Waals surface area contributed by atoms with Crippen LogP contribution in [0.25, 0.3) is 10.9 Å². The maximum Gasteiger partial charge on any atom is 0.416 e. The van der Waals surface area contributed by atoms with Gasteiger partial charge in [-0.3, -0.25) is 19.0 Å². The molecule has 0 fully saturated rings. The number of benzene rings is 2. The van der Waals surface area contributed by atoms with Gasteiger partial charge in [0.05, 0.1) is 34.6 Å². The van der Waals surface area contributed by atoms with E-state index in [1.54, 1.807) is 20.8 Å². The number of nitrogens with one attached hydrogen (secondary N) is 1. The lowest BCUT2D eigenvalue weighted by molar-refractivity contribution is -0.153. The van der Waals surface area contributed by atoms with E-state index in [1.807, 2.05) is 6.07 Å². The highest BCUT2D eigenvalue weighted by Gasteiger charge is 2.33. The number of aromatic nitrogens is 1. The lowest BCUT2D eigenvalue weighted by Crippen LogP contribution is -2.39. The molecule has 0 radical (unpaired) electrons. The molecule has 198 valence electrons. The van der Waals surface area contributed by atoms with Crippen LogP contribution >= 0.6 is 0 Å². The summed E-state index contributed by atoms with van der Waals surface area (Å²) in [7, 11) is 0. The van der Waals surface area contributed by atoms with Crippen LogP contribution in [0.4, 0.5) is 13.2 Å². The second kappa shape index (κ2) is 9.41. The molecule has 2 N–H and O–H groups in total. The van der Waals surface area contributed by atoms with Gasteiger partial charge in [0.25, 0.3) is 11.5 Å². The summed E-state index contributed by atoms with van der Waals surface area (Å²) in [6.07, 6.45) is -5.45. The Kier molecular flexibility index (Phi) is 6.57. The number of amides is 1. The van der Waals surface area contributed by atoms with Crippen molar-refractivity contribution in [3.8, 4) is 17.6 Å². The zero-order valence-electron chi connectivity index (χ0n) is 20.5. The van der Waals surface area contributed by atoms with Crippen molar-refractivity contribution < 1.29 is 37.3 Å². The number of alkyl halides is 3. The second-order valence-electron chi connectivity index (χ2n) is 9.58. The van der Waals surface area contributed by atoms with Crippen LogP contribution in [0, 0.1) is 11.3 Å². The van der Waals surface area contributed by atoms with Crippen molar-refractivity contribution in [3.05, 3.63) is 69.0 Å². The third-order valence-corrected chi connectivity index (χ3v) is 5.73. The molecule has 1 atom stereocenters. The molecule has 1 amide bonds. The minimum Gasteiger partial charge on any atom is -0.506 e. The fraction of sp³-hybridized carbons (Fsp3) is 0.308. The number of hydrogen-bond donors (Lipinski definition) is 2. The van der Waals surface area contributed by atoms with E-state index >= 15 is 0 Å². The maximum atomic E-state index is 13.4. The molecule has 1 aromatic heterocycles. The first kappa shape index (κ1) is 26.5. The van der Waals surface area contributed by atoms with Gasteiger partial charge in [0.1, 0.15) is 35.3 Å². The molecule has 1 unspecified atom stereocenters. The number of ether oxygens (including phenoxy) is 2. The first-order valence-corrected chi connectivity index (χ1v) is 11.4. The molecule has 1 aliphatic heterocycles. The zero-order valence-corrected chi connectivity index (χ0v) is 20.5. The quantitative estimate of drug-likeness (QED) is 0.492. The average Bonchev–Trinajstić information content (AvgIpc) is 2.84. The Labute approximate surface area is 214 Å². The van der Waals surface area contributed by atoms with Gasteiger partial charge in [0.2, 0.25) is 0 Å². The highest BCUT2D eigenvalue weighted by Crippen LogP contribution is 2.41. The molecule has 0 bridgehead atoms. The van der Waals surface area contributed by atoms with E-state index in [0.717, 1.165) is 16.7 Å². The number of hydrogen-bond acceptors (Lipinski definition) is 7. The first-order chi connectivity index (χ1) is 17.7. The highest BCUT2D eigenvalue weighted by molar-refractivity contribution is 6.05. The SMILES string of the molecule is CC(C)(C)OC(=O)CNC(=O)c1c(O)c2c(C#N)ccc3c2n(c1=O)CC(c1ccc(C(F)(F)F)cc1)O3. The molecule has 2 aromatic carbocycles. The summed E-state index contributed by atoms with van der Waals surface area (Å²) in [5, 5.41) is 22.6. The predicted octanol–water partition coefficient (Wildman–Crippen LogP) is 3.80. The Morgan fingerprint density at radius 1 is 1.18 bits per heavy atom. The van der Waals surface area contributed by atoms with Crippen molar-refractivity contribution in [2.75, 3.05) is 6.54 Å². The number of esters is 1. The van der Waals surface area contributed by atoms with Gasteiger partial charge in [-0.1, -0.05) is 12.1 Å². The Balaban J connectivity index is 1.77. The molecule has 2 heterocycles. The highest BCUT2D eigenvalue weighted by atomic mass is 19.4. The number of aromatic hydroxyl groups is 1. The van der Waals surface area contributed by atoms with Crippen LogP contribution in [0.1, 0.15) is 53.9 Å². The second-order valence-corrected chi connectivity index (χ2v) is 9.58. The molecule has 3 aromatic rings. The fourth-order valence-corrected chi connectivity index (χ4v) is 4.14. The number of nitrogens with zero attached hydrogens (tertiary/aromatic N) is 2. The summed E-state index contributed by atoms with van der Waals surface area (Å²) >= 11 is 0. The summed E-state index contributed by atoms with van der Waals surface area (Å²) in [6.45, 7) is 4.09. The minimum atomic E-state index is -4.53. The van der Waals surface area contributed by atoms with Gasteiger partial charge in [-0.15, -0.1) is 0 Å². The van der Waals surface area contributed by atoms with Crippen molar-refractivity contribution in [1.29, 1.82) is 5.26 Å². The Morgan fingerprint density at radius 3 is 2.42 bits per heavy atom. The predicted molar refractivity (Wildman–Crippen MR) is 128 cm³/mol. The Bertz CT molecular complexity index is 1550. The lowest BCUT2D eigenvalue weighted by Gasteiger charge is -2.29. The van der Waals surface area contributed by atoms with Gasteiger partial charge < -0.3 is 19.9 Å². The van der Waals surface area contributed by atoms with Crippen LogP contribution in [-0.2, 0) is 22.3 Å². The largest absolute Gasteiger partial charge is 0.506 e. The molecule has 0 aliphatic carbocycles. The Morgan fingerprint density at radius 2 is 1.84 bits per heavy atom. The molecule has 0 spiro atoms. The number of nitriles is 1. The van der Waals surface area contributed by atoms with Gasteiger partial charge in [0.15, 0.2) is 0 Å². The van der Waals surface area contributed by atoms with Crippen LogP contribution in [0.3, 0.4) is 0 Å². The number of pyridine rings is 1. The number of carbonyl (C=O) groups excluding carboxylic acids is 2. The number of rotatable bonds is 4. The van der Waals surface area contributed by atoms with E-state index in [1.165, 1.54) is 24.3 Å². The van der Waals surface area contributed by atoms with Crippen molar-refractivity contribution in [1.82, 2.24) is 9.88 Å². The topological polar surface area (TPSA) is 131 Å². The third kappa shape index (κ3) is 5.00. The zero-order chi connectivity index (χ0) is 28.0. The molecule has 1 aliphatic rings. The Hall–Kier alpha value is -4.53. The number of halogens is 3. The molecule has 9 nitrogen and oxygen atoms in total. The molecule has 0 saturated heterocycles. The summed E-state index contributed by atoms with van der Waals surface area (Å²) in [5.74, 6) is -2.53. The van der Waals surface area contributed by atoms with E-state index in [4.69, 9.17) is 9.47 Å². The normalized spacial score (nSPS) is 14.9. The average molecular weight is 529 g/mol. The van der Waals surface area contributed by atoms with Gasteiger partial charge in [0, 0.05) is 0 Å². The number of carbonyl (C=O) groups is 2. The van der Waals surface area contributed by atoms with E-state index < -0.39 is 58.7 Å². The molecule has 38 heavy (non-hydrogen) atoms. The van der Waals surface area contributed by atoms with E-state index in [0.29, 0.717) is 5.56 Å². The van der Waals surface area contributed by atoms with Crippen LogP contribution in [0.2, 0.25) is 0 Å². The van der Waals surface area contributed by atoms with Crippen molar-refractivity contribution in [2.45, 2.75) is 45.2 Å². The van der Waals surface area contributed by atoms with Gasteiger partial charge in [-0.05, 0) is 50.6 Å². The molecular weight excluding hydrogens is 507 g/mol. The van der Waals surface area contributed by atoms with Crippen LogP contribution in [-0.4, -0.2) is 33.7 Å². The standard InChI is InChI=1S/C26H22F3N3O6/c1-25(2,3)38-18(33)11-31-23(35)20-22(34)19-14(10-30)6-9-16-21(19)32(24(20)36)12-17(37-16)13-4-7-15(8-5-13)26(27,28)29/h4-9,17,34H,11-12H2,1-3H3,(H,31,35). The van der Waals surface area contributed by atoms with Gasteiger partial charge >= 0.3 is 12.1 Å². The van der Waals surface area contributed by atoms with E-state index in [-0.39, 0.29) is 28.8 Å². The van der Waals surface area contributed by atoms with Crippen LogP contribution in [0.15, 0.2) is 41.2 Å². The van der Waals surface area contributed by atoms with Crippen LogP contribution in [0.5, 0.6) is 11.5 Å². The van der Waals surface area contributed by atoms with Crippen molar-refractivity contribution >= 4 is 22.8 Å². The van der Waals surface area contributed by atoms with Crippen molar-refractivity contribution in [2.24, 2.45) is 0 Å². The molecule has 0 saturated carbocycles. The molecule has 12 heteroatoms. The van der Waals surface area contributed by atoms with Crippen LogP contribution < -0.4 is 15.6 Å². The monoisotopic (exact) mass is 529 g/mol. The molecule has 4 rings (SSSR count). The lowest BCUT2D eigenvalue weighted by atomic mass is 10.0. The summed E-state index contributed by atoms with van der Waals surface area (Å²) in [5.41, 5.74) is -2.98. The summed E-state index contributed by atoms with van der Waals surface area (Å²) in [6, 6.07) is 8.83. The smallest absolute Gasteiger partial charge is 0.416 e. The van der Waals surface area contributed by atoms with E-state index in [2.05, 4.69) is 5.32 Å². The van der Waals surface area contributed by atoms with Gasteiger partial charge in [-0.25, -0.2) is 0 Å². The van der Waals surface area contributed by atoms with Gasteiger partial charge in [-0.2, -0.15) is 18.4 Å². The van der Waals surface area contributed by atoms with E-state index in [9.17, 15) is 37.9 Å².